The summed E-state index contributed by atoms with van der Waals surface area (Å²) in [5, 5.41) is 3.85. The van der Waals surface area contributed by atoms with Crippen molar-refractivity contribution < 1.29 is 14.0 Å². The van der Waals surface area contributed by atoms with Crippen LogP contribution in [0.1, 0.15) is 23.7 Å². The molecule has 0 spiro atoms. The van der Waals surface area contributed by atoms with Gasteiger partial charge in [0.2, 0.25) is 5.91 Å². The molecule has 7 nitrogen and oxygen atoms in total. The number of fused-ring (bicyclic) bond motifs is 1. The van der Waals surface area contributed by atoms with Gasteiger partial charge in [-0.2, -0.15) is 0 Å². The number of benzene rings is 3. The van der Waals surface area contributed by atoms with E-state index in [1.807, 2.05) is 54.3 Å². The predicted octanol–water partition coefficient (Wildman–Crippen LogP) is 4.77. The molecule has 1 aliphatic rings. The van der Waals surface area contributed by atoms with E-state index in [9.17, 15) is 14.4 Å². The molecule has 0 unspecified atom stereocenters. The van der Waals surface area contributed by atoms with E-state index in [2.05, 4.69) is 10.2 Å². The lowest BCUT2D eigenvalue weighted by Gasteiger charge is -2.36. The predicted molar refractivity (Wildman–Crippen MR) is 141 cm³/mol. The standard InChI is InChI=1S/C29H27N3O4/c1-2-27(33)32-16-14-31(15-17-32)25-12-5-4-11-24(25)30-28(34)22-10-7-9-20(18-22)23-19-21-8-3-6-13-26(21)36-29(23)35/h3-13,18-19H,2,14-17H2,1H3,(H,30,34). The van der Waals surface area contributed by atoms with Crippen molar-refractivity contribution >= 4 is 34.2 Å². The average Bonchev–Trinajstić information content (AvgIpc) is 2.92. The van der Waals surface area contributed by atoms with Crippen molar-refractivity contribution in [1.29, 1.82) is 0 Å². The number of rotatable bonds is 5. The summed E-state index contributed by atoms with van der Waals surface area (Å²) in [5.74, 6) is -0.106. The first kappa shape index (κ1) is 23.4. The first-order valence-corrected chi connectivity index (χ1v) is 12.1. The van der Waals surface area contributed by atoms with E-state index < -0.39 is 5.63 Å². The molecule has 1 aromatic heterocycles. The molecule has 1 fully saturated rings. The van der Waals surface area contributed by atoms with E-state index in [1.165, 1.54) is 0 Å². The third kappa shape index (κ3) is 4.73. The van der Waals surface area contributed by atoms with Gasteiger partial charge in [-0.3, -0.25) is 9.59 Å². The monoisotopic (exact) mass is 481 g/mol. The molecule has 0 saturated carbocycles. The van der Waals surface area contributed by atoms with Crippen molar-refractivity contribution in [3.63, 3.8) is 0 Å². The van der Waals surface area contributed by atoms with E-state index in [-0.39, 0.29) is 11.8 Å². The fourth-order valence-electron chi connectivity index (χ4n) is 4.56. The molecule has 36 heavy (non-hydrogen) atoms. The lowest BCUT2D eigenvalue weighted by molar-refractivity contribution is -0.131. The third-order valence-electron chi connectivity index (χ3n) is 6.50. The Kier molecular flexibility index (Phi) is 6.54. The van der Waals surface area contributed by atoms with E-state index in [4.69, 9.17) is 4.42 Å². The fourth-order valence-corrected chi connectivity index (χ4v) is 4.56. The number of hydrogen-bond donors (Lipinski definition) is 1. The highest BCUT2D eigenvalue weighted by Gasteiger charge is 2.22. The number of carbonyl (C=O) groups excluding carboxylic acids is 2. The minimum atomic E-state index is -0.447. The van der Waals surface area contributed by atoms with Crippen LogP contribution in [-0.2, 0) is 4.79 Å². The van der Waals surface area contributed by atoms with Gasteiger partial charge in [0, 0.05) is 43.5 Å². The van der Waals surface area contributed by atoms with Gasteiger partial charge in [0.1, 0.15) is 5.58 Å². The van der Waals surface area contributed by atoms with Gasteiger partial charge in [-0.15, -0.1) is 0 Å². The molecule has 0 bridgehead atoms. The van der Waals surface area contributed by atoms with Crippen molar-refractivity contribution in [2.24, 2.45) is 0 Å². The molecule has 1 aliphatic heterocycles. The summed E-state index contributed by atoms with van der Waals surface area (Å²) in [6.45, 7) is 4.59. The Bertz CT molecular complexity index is 1490. The first-order chi connectivity index (χ1) is 17.5. The number of anilines is 2. The first-order valence-electron chi connectivity index (χ1n) is 12.1. The van der Waals surface area contributed by atoms with Crippen molar-refractivity contribution in [2.75, 3.05) is 36.4 Å². The number of nitrogens with one attached hydrogen (secondary N) is 1. The van der Waals surface area contributed by atoms with Crippen LogP contribution in [0.3, 0.4) is 0 Å². The molecule has 3 aromatic carbocycles. The summed E-state index contributed by atoms with van der Waals surface area (Å²) >= 11 is 0. The molecule has 2 amide bonds. The summed E-state index contributed by atoms with van der Waals surface area (Å²) in [6, 6.07) is 23.8. The zero-order chi connectivity index (χ0) is 25.1. The van der Waals surface area contributed by atoms with Crippen LogP contribution in [0.4, 0.5) is 11.4 Å². The van der Waals surface area contributed by atoms with E-state index in [0.717, 1.165) is 11.1 Å². The fraction of sp³-hybridized carbons (Fsp3) is 0.207. The summed E-state index contributed by atoms with van der Waals surface area (Å²) in [6.07, 6.45) is 0.507. The maximum Gasteiger partial charge on any atom is 0.344 e. The van der Waals surface area contributed by atoms with Crippen LogP contribution in [-0.4, -0.2) is 42.9 Å². The smallest absolute Gasteiger partial charge is 0.344 e. The zero-order valence-electron chi connectivity index (χ0n) is 20.1. The van der Waals surface area contributed by atoms with Gasteiger partial charge < -0.3 is 19.5 Å². The quantitative estimate of drug-likeness (QED) is 0.415. The molecule has 0 atom stereocenters. The molecule has 0 radical (unpaired) electrons. The molecule has 2 heterocycles. The molecule has 1 N–H and O–H groups in total. The van der Waals surface area contributed by atoms with Crippen molar-refractivity contribution in [3.8, 4) is 11.1 Å². The van der Waals surface area contributed by atoms with E-state index in [0.29, 0.717) is 60.6 Å². The molecule has 7 heteroatoms. The third-order valence-corrected chi connectivity index (χ3v) is 6.50. The molecular formula is C29H27N3O4. The number of carbonyl (C=O) groups is 2. The van der Waals surface area contributed by atoms with Crippen LogP contribution in [0.2, 0.25) is 0 Å². The molecule has 1 saturated heterocycles. The lowest BCUT2D eigenvalue weighted by Crippen LogP contribution is -2.48. The number of hydrogen-bond acceptors (Lipinski definition) is 5. The van der Waals surface area contributed by atoms with Crippen molar-refractivity contribution in [1.82, 2.24) is 4.90 Å². The SMILES string of the molecule is CCC(=O)N1CCN(c2ccccc2NC(=O)c2cccc(-c3cc4ccccc4oc3=O)c2)CC1. The van der Waals surface area contributed by atoms with Crippen LogP contribution in [0.15, 0.2) is 88.1 Å². The number of amides is 2. The topological polar surface area (TPSA) is 82.9 Å². The highest BCUT2D eigenvalue weighted by atomic mass is 16.4. The van der Waals surface area contributed by atoms with Gasteiger partial charge in [-0.05, 0) is 42.0 Å². The lowest BCUT2D eigenvalue weighted by atomic mass is 10.0. The molecule has 182 valence electrons. The largest absolute Gasteiger partial charge is 0.422 e. The Labute approximate surface area is 208 Å². The molecular weight excluding hydrogens is 454 g/mol. The van der Waals surface area contributed by atoms with Crippen molar-refractivity contribution in [3.05, 3.63) is 94.8 Å². The van der Waals surface area contributed by atoms with Gasteiger partial charge in [0.25, 0.3) is 5.91 Å². The van der Waals surface area contributed by atoms with Crippen LogP contribution >= 0.6 is 0 Å². The molecule has 0 aliphatic carbocycles. The van der Waals surface area contributed by atoms with Gasteiger partial charge in [0.15, 0.2) is 0 Å². The summed E-state index contributed by atoms with van der Waals surface area (Å²) in [7, 11) is 0. The second-order valence-corrected chi connectivity index (χ2v) is 8.76. The van der Waals surface area contributed by atoms with E-state index in [1.54, 1.807) is 36.4 Å². The average molecular weight is 482 g/mol. The Hall–Kier alpha value is -4.39. The van der Waals surface area contributed by atoms with Crippen LogP contribution in [0.25, 0.3) is 22.1 Å². The van der Waals surface area contributed by atoms with Gasteiger partial charge in [-0.1, -0.05) is 49.4 Å². The Morgan fingerprint density at radius 1 is 0.889 bits per heavy atom. The van der Waals surface area contributed by atoms with Crippen LogP contribution in [0, 0.1) is 0 Å². The zero-order valence-corrected chi connectivity index (χ0v) is 20.1. The van der Waals surface area contributed by atoms with Crippen molar-refractivity contribution in [2.45, 2.75) is 13.3 Å². The number of para-hydroxylation sites is 3. The van der Waals surface area contributed by atoms with E-state index >= 15 is 0 Å². The minimum Gasteiger partial charge on any atom is -0.422 e. The summed E-state index contributed by atoms with van der Waals surface area (Å²) < 4.78 is 5.47. The highest BCUT2D eigenvalue weighted by Crippen LogP contribution is 2.28. The second-order valence-electron chi connectivity index (χ2n) is 8.76. The maximum absolute atomic E-state index is 13.2. The molecule has 4 aromatic rings. The maximum atomic E-state index is 13.2. The summed E-state index contributed by atoms with van der Waals surface area (Å²) in [4.78, 5) is 41.9. The van der Waals surface area contributed by atoms with Crippen LogP contribution in [0.5, 0.6) is 0 Å². The van der Waals surface area contributed by atoms with Gasteiger partial charge in [-0.25, -0.2) is 4.79 Å². The van der Waals surface area contributed by atoms with Crippen LogP contribution < -0.4 is 15.8 Å². The second kappa shape index (κ2) is 10.1. The Balaban J connectivity index is 1.37. The number of nitrogens with zero attached hydrogens (tertiary/aromatic N) is 2. The summed E-state index contributed by atoms with van der Waals surface area (Å²) in [5.41, 5.74) is 3.16. The normalized spacial score (nSPS) is 13.6. The Morgan fingerprint density at radius 2 is 1.64 bits per heavy atom. The number of piperazine rings is 1. The molecule has 5 rings (SSSR count). The Morgan fingerprint density at radius 3 is 2.44 bits per heavy atom. The highest BCUT2D eigenvalue weighted by molar-refractivity contribution is 6.06. The van der Waals surface area contributed by atoms with Gasteiger partial charge in [0.05, 0.1) is 16.9 Å². The minimum absolute atomic E-state index is 0.163. The van der Waals surface area contributed by atoms with Gasteiger partial charge >= 0.3 is 5.63 Å².